The minimum absolute atomic E-state index is 0.193. The van der Waals surface area contributed by atoms with Crippen molar-refractivity contribution in [2.45, 2.75) is 18.4 Å². The van der Waals surface area contributed by atoms with Crippen LogP contribution in [0.4, 0.5) is 5.69 Å². The molecule has 0 bridgehead atoms. The van der Waals surface area contributed by atoms with Gasteiger partial charge in [-0.1, -0.05) is 12.1 Å². The number of nitrogens with two attached hydrogens (primary N) is 1. The quantitative estimate of drug-likeness (QED) is 0.873. The molecule has 3 N–H and O–H groups in total. The molecule has 0 aliphatic heterocycles. The third-order valence-electron chi connectivity index (χ3n) is 2.70. The van der Waals surface area contributed by atoms with Crippen LogP contribution in [0.3, 0.4) is 0 Å². The molecule has 19 heavy (non-hydrogen) atoms. The monoisotopic (exact) mass is 280 g/mol. The van der Waals surface area contributed by atoms with Crippen molar-refractivity contribution in [3.05, 3.63) is 41.7 Å². The van der Waals surface area contributed by atoms with E-state index in [1.165, 1.54) is 6.07 Å². The third kappa shape index (κ3) is 2.94. The van der Waals surface area contributed by atoms with Crippen molar-refractivity contribution in [3.63, 3.8) is 0 Å². The summed E-state index contributed by atoms with van der Waals surface area (Å²) < 4.78 is 28.6. The molecule has 7 heteroatoms. The molecule has 6 nitrogen and oxygen atoms in total. The summed E-state index contributed by atoms with van der Waals surface area (Å²) in [5.74, 6) is 0. The first-order chi connectivity index (χ1) is 8.92. The first kappa shape index (κ1) is 13.6. The number of anilines is 1. The van der Waals surface area contributed by atoms with Crippen molar-refractivity contribution in [1.29, 1.82) is 0 Å². The highest BCUT2D eigenvalue weighted by molar-refractivity contribution is 7.92. The zero-order valence-electron chi connectivity index (χ0n) is 10.8. The molecule has 0 saturated carbocycles. The zero-order chi connectivity index (χ0) is 14.0. The van der Waals surface area contributed by atoms with E-state index < -0.39 is 10.0 Å². The summed E-state index contributed by atoms with van der Waals surface area (Å²) in [6.07, 6.45) is 1.62. The summed E-state index contributed by atoms with van der Waals surface area (Å²) in [7, 11) is -1.88. The first-order valence-electron chi connectivity index (χ1n) is 5.74. The second-order valence-corrected chi connectivity index (χ2v) is 5.94. The van der Waals surface area contributed by atoms with Gasteiger partial charge in [-0.05, 0) is 24.6 Å². The van der Waals surface area contributed by atoms with Crippen LogP contribution in [0, 0.1) is 6.92 Å². The molecule has 0 saturated heterocycles. The fourth-order valence-electron chi connectivity index (χ4n) is 1.74. The van der Waals surface area contributed by atoms with Crippen LogP contribution >= 0.6 is 0 Å². The van der Waals surface area contributed by atoms with Crippen molar-refractivity contribution in [3.8, 4) is 0 Å². The fraction of sp³-hybridized carbons (Fsp3) is 0.250. The molecule has 1 aromatic heterocycles. The van der Waals surface area contributed by atoms with Crippen LogP contribution in [0.15, 0.2) is 35.4 Å². The van der Waals surface area contributed by atoms with E-state index in [1.807, 2.05) is 0 Å². The summed E-state index contributed by atoms with van der Waals surface area (Å²) in [5.41, 5.74) is 7.38. The molecule has 102 valence electrons. The minimum atomic E-state index is -3.61. The van der Waals surface area contributed by atoms with Crippen molar-refractivity contribution < 1.29 is 8.42 Å². The van der Waals surface area contributed by atoms with E-state index in [1.54, 1.807) is 43.0 Å². The van der Waals surface area contributed by atoms with E-state index in [4.69, 9.17) is 5.73 Å². The molecule has 2 aromatic rings. The second kappa shape index (κ2) is 5.02. The Hall–Kier alpha value is -1.86. The Bertz CT molecular complexity index is 692. The Balaban J connectivity index is 2.34. The highest BCUT2D eigenvalue weighted by Gasteiger charge is 2.16. The van der Waals surface area contributed by atoms with Crippen LogP contribution in [-0.4, -0.2) is 18.2 Å². The molecule has 0 atom stereocenters. The number of hydrogen-bond acceptors (Lipinski definition) is 4. The molecular formula is C12H16N4O2S. The number of rotatable bonds is 4. The Morgan fingerprint density at radius 2 is 2.16 bits per heavy atom. The summed E-state index contributed by atoms with van der Waals surface area (Å²) >= 11 is 0. The zero-order valence-corrected chi connectivity index (χ0v) is 11.6. The average Bonchev–Trinajstić information content (AvgIpc) is 2.67. The van der Waals surface area contributed by atoms with Crippen LogP contribution < -0.4 is 10.5 Å². The molecule has 0 aliphatic rings. The summed E-state index contributed by atoms with van der Waals surface area (Å²) in [5, 5.41) is 4.09. The Kier molecular flexibility index (Phi) is 3.59. The number of hydrogen-bond donors (Lipinski definition) is 2. The van der Waals surface area contributed by atoms with Crippen LogP contribution in [0.2, 0.25) is 0 Å². The lowest BCUT2D eigenvalue weighted by atomic mass is 10.2. The summed E-state index contributed by atoms with van der Waals surface area (Å²) in [6.45, 7) is 2.05. The number of benzene rings is 1. The lowest BCUT2D eigenvalue weighted by Crippen LogP contribution is -2.13. The Morgan fingerprint density at radius 3 is 2.74 bits per heavy atom. The van der Waals surface area contributed by atoms with E-state index in [9.17, 15) is 8.42 Å². The van der Waals surface area contributed by atoms with E-state index in [0.29, 0.717) is 17.9 Å². The predicted octanol–water partition coefficient (Wildman–Crippen LogP) is 0.988. The lowest BCUT2D eigenvalue weighted by molar-refractivity contribution is 0.601. The number of aromatic nitrogens is 2. The molecule has 0 spiro atoms. The first-order valence-corrected chi connectivity index (χ1v) is 7.23. The van der Waals surface area contributed by atoms with Gasteiger partial charge in [0.2, 0.25) is 0 Å². The van der Waals surface area contributed by atoms with Gasteiger partial charge in [-0.15, -0.1) is 0 Å². The van der Waals surface area contributed by atoms with Crippen LogP contribution in [-0.2, 0) is 23.6 Å². The van der Waals surface area contributed by atoms with Gasteiger partial charge in [0.15, 0.2) is 0 Å². The standard InChI is InChI=1S/C12H16N4O2S/c1-9-12(8-16(2)14-9)15-19(17,18)11-5-3-4-10(6-11)7-13/h3-6,8,15H,7,13H2,1-2H3. The van der Waals surface area contributed by atoms with Gasteiger partial charge in [-0.25, -0.2) is 8.42 Å². The van der Waals surface area contributed by atoms with Crippen molar-refractivity contribution in [2.75, 3.05) is 4.72 Å². The van der Waals surface area contributed by atoms with Crippen LogP contribution in [0.25, 0.3) is 0 Å². The maximum Gasteiger partial charge on any atom is 0.262 e. The van der Waals surface area contributed by atoms with Gasteiger partial charge in [0.25, 0.3) is 10.0 Å². The van der Waals surface area contributed by atoms with Crippen LogP contribution in [0.5, 0.6) is 0 Å². The Morgan fingerprint density at radius 1 is 1.42 bits per heavy atom. The van der Waals surface area contributed by atoms with Gasteiger partial charge in [0.1, 0.15) is 0 Å². The Labute approximate surface area is 112 Å². The number of sulfonamides is 1. The number of nitrogens with one attached hydrogen (secondary N) is 1. The third-order valence-corrected chi connectivity index (χ3v) is 4.07. The number of nitrogens with zero attached hydrogens (tertiary/aromatic N) is 2. The molecule has 0 unspecified atom stereocenters. The van der Waals surface area contributed by atoms with Crippen molar-refractivity contribution in [1.82, 2.24) is 9.78 Å². The maximum absolute atomic E-state index is 12.2. The predicted molar refractivity (Wildman–Crippen MR) is 73.1 cm³/mol. The molecule has 0 amide bonds. The number of aryl methyl sites for hydroxylation is 2. The van der Waals surface area contributed by atoms with Gasteiger partial charge >= 0.3 is 0 Å². The average molecular weight is 280 g/mol. The summed E-state index contributed by atoms with van der Waals surface area (Å²) in [6, 6.07) is 6.56. The van der Waals surface area contributed by atoms with Gasteiger partial charge in [-0.3, -0.25) is 9.40 Å². The lowest BCUT2D eigenvalue weighted by Gasteiger charge is -2.07. The van der Waals surface area contributed by atoms with E-state index in [-0.39, 0.29) is 4.90 Å². The second-order valence-electron chi connectivity index (χ2n) is 4.26. The summed E-state index contributed by atoms with van der Waals surface area (Å²) in [4.78, 5) is 0.193. The molecule has 0 aliphatic carbocycles. The normalized spacial score (nSPS) is 11.5. The smallest absolute Gasteiger partial charge is 0.262 e. The molecule has 0 radical (unpaired) electrons. The van der Waals surface area contributed by atoms with E-state index in [2.05, 4.69) is 9.82 Å². The SMILES string of the molecule is Cc1nn(C)cc1NS(=O)(=O)c1cccc(CN)c1. The van der Waals surface area contributed by atoms with Gasteiger partial charge in [-0.2, -0.15) is 5.10 Å². The van der Waals surface area contributed by atoms with Gasteiger partial charge in [0, 0.05) is 19.8 Å². The van der Waals surface area contributed by atoms with Crippen molar-refractivity contribution in [2.24, 2.45) is 12.8 Å². The molecule has 1 aromatic carbocycles. The van der Waals surface area contributed by atoms with E-state index in [0.717, 1.165) is 5.56 Å². The molecule has 1 heterocycles. The largest absolute Gasteiger partial charge is 0.326 e. The molecular weight excluding hydrogens is 264 g/mol. The molecule has 2 rings (SSSR count). The highest BCUT2D eigenvalue weighted by Crippen LogP contribution is 2.19. The van der Waals surface area contributed by atoms with Crippen LogP contribution in [0.1, 0.15) is 11.3 Å². The topological polar surface area (TPSA) is 90.0 Å². The minimum Gasteiger partial charge on any atom is -0.326 e. The van der Waals surface area contributed by atoms with Gasteiger partial charge < -0.3 is 5.73 Å². The fourth-order valence-corrected chi connectivity index (χ4v) is 2.92. The van der Waals surface area contributed by atoms with Crippen molar-refractivity contribution >= 4 is 15.7 Å². The van der Waals surface area contributed by atoms with E-state index >= 15 is 0 Å². The van der Waals surface area contributed by atoms with Gasteiger partial charge in [0.05, 0.1) is 16.3 Å². The molecule has 0 fully saturated rings. The maximum atomic E-state index is 12.2. The highest BCUT2D eigenvalue weighted by atomic mass is 32.2.